The van der Waals surface area contributed by atoms with Crippen molar-refractivity contribution in [3.05, 3.63) is 32.8 Å². The van der Waals surface area contributed by atoms with Gasteiger partial charge in [-0.2, -0.15) is 0 Å². The van der Waals surface area contributed by atoms with Gasteiger partial charge in [-0.25, -0.2) is 8.78 Å². The SMILES string of the molecule is O=[N+]([O-])c1ccc(Br)cc1NC1(C(F)F)CC1. The minimum absolute atomic E-state index is 0.127. The molecule has 0 spiro atoms. The van der Waals surface area contributed by atoms with Crippen LogP contribution < -0.4 is 5.32 Å². The van der Waals surface area contributed by atoms with E-state index in [1.807, 2.05) is 0 Å². The fourth-order valence-electron chi connectivity index (χ4n) is 1.57. The standard InChI is InChI=1S/C10H9BrF2N2O2/c11-6-1-2-8(15(16)17)7(5-6)14-10(3-4-10)9(12)13/h1-2,5,9,14H,3-4H2. The molecule has 0 bridgehead atoms. The zero-order valence-corrected chi connectivity index (χ0v) is 10.2. The minimum Gasteiger partial charge on any atom is -0.369 e. The van der Waals surface area contributed by atoms with Gasteiger partial charge in [0.15, 0.2) is 0 Å². The second kappa shape index (κ2) is 4.21. The van der Waals surface area contributed by atoms with Gasteiger partial charge in [-0.1, -0.05) is 15.9 Å². The van der Waals surface area contributed by atoms with Crippen LogP contribution in [0.4, 0.5) is 20.2 Å². The van der Waals surface area contributed by atoms with Crippen LogP contribution in [-0.2, 0) is 0 Å². The topological polar surface area (TPSA) is 55.2 Å². The number of hydrogen-bond acceptors (Lipinski definition) is 3. The van der Waals surface area contributed by atoms with Crippen LogP contribution in [-0.4, -0.2) is 16.9 Å². The lowest BCUT2D eigenvalue weighted by molar-refractivity contribution is -0.384. The number of alkyl halides is 2. The molecule has 0 amide bonds. The van der Waals surface area contributed by atoms with Gasteiger partial charge in [0.2, 0.25) is 0 Å². The van der Waals surface area contributed by atoms with E-state index in [1.165, 1.54) is 18.2 Å². The first-order valence-electron chi connectivity index (χ1n) is 4.95. The lowest BCUT2D eigenvalue weighted by atomic mass is 10.2. The van der Waals surface area contributed by atoms with E-state index in [9.17, 15) is 18.9 Å². The van der Waals surface area contributed by atoms with E-state index in [1.54, 1.807) is 0 Å². The van der Waals surface area contributed by atoms with Crippen molar-refractivity contribution in [3.63, 3.8) is 0 Å². The van der Waals surface area contributed by atoms with Gasteiger partial charge in [0.1, 0.15) is 5.69 Å². The summed E-state index contributed by atoms with van der Waals surface area (Å²) in [5.41, 5.74) is -1.35. The van der Waals surface area contributed by atoms with Gasteiger partial charge in [-0.15, -0.1) is 0 Å². The summed E-state index contributed by atoms with van der Waals surface area (Å²) in [5.74, 6) is 0. The number of hydrogen-bond donors (Lipinski definition) is 1. The van der Waals surface area contributed by atoms with Crippen LogP contribution in [0.3, 0.4) is 0 Å². The van der Waals surface area contributed by atoms with Gasteiger partial charge >= 0.3 is 0 Å². The first-order chi connectivity index (χ1) is 7.94. The van der Waals surface area contributed by atoms with Crippen LogP contribution in [0.2, 0.25) is 0 Å². The molecule has 0 aromatic heterocycles. The summed E-state index contributed by atoms with van der Waals surface area (Å²) in [6, 6.07) is 4.24. The molecule has 1 aliphatic rings. The number of rotatable bonds is 4. The molecule has 1 aromatic rings. The molecule has 0 unspecified atom stereocenters. The molecule has 1 fully saturated rings. The molecular formula is C10H9BrF2N2O2. The summed E-state index contributed by atoms with van der Waals surface area (Å²) in [7, 11) is 0. The molecule has 1 N–H and O–H groups in total. The molecule has 0 atom stereocenters. The first kappa shape index (κ1) is 12.2. The van der Waals surface area contributed by atoms with E-state index in [-0.39, 0.29) is 11.4 Å². The van der Waals surface area contributed by atoms with Crippen LogP contribution in [0.5, 0.6) is 0 Å². The van der Waals surface area contributed by atoms with Crippen molar-refractivity contribution >= 4 is 27.3 Å². The van der Waals surface area contributed by atoms with E-state index in [0.717, 1.165) is 0 Å². The number of nitro groups is 1. The molecule has 0 aliphatic heterocycles. The predicted molar refractivity (Wildman–Crippen MR) is 62.4 cm³/mol. The highest BCUT2D eigenvalue weighted by atomic mass is 79.9. The number of halogens is 3. The fourth-order valence-corrected chi connectivity index (χ4v) is 1.93. The average Bonchev–Trinajstić information content (AvgIpc) is 2.98. The lowest BCUT2D eigenvalue weighted by Crippen LogP contribution is -2.30. The molecule has 2 rings (SSSR count). The fraction of sp³-hybridized carbons (Fsp3) is 0.400. The third-order valence-corrected chi connectivity index (χ3v) is 3.24. The number of anilines is 1. The Morgan fingerprint density at radius 1 is 1.47 bits per heavy atom. The molecular weight excluding hydrogens is 298 g/mol. The molecule has 1 saturated carbocycles. The quantitative estimate of drug-likeness (QED) is 0.683. The Morgan fingerprint density at radius 3 is 2.59 bits per heavy atom. The third kappa shape index (κ3) is 2.38. The number of nitro benzene ring substituents is 1. The Morgan fingerprint density at radius 2 is 2.12 bits per heavy atom. The number of nitrogens with zero attached hydrogens (tertiary/aromatic N) is 1. The second-order valence-corrected chi connectivity index (χ2v) is 4.92. The molecule has 7 heteroatoms. The Bertz CT molecular complexity index is 464. The van der Waals surface area contributed by atoms with E-state index >= 15 is 0 Å². The Kier molecular flexibility index (Phi) is 3.03. The highest BCUT2D eigenvalue weighted by Crippen LogP contribution is 2.45. The van der Waals surface area contributed by atoms with E-state index in [4.69, 9.17) is 0 Å². The van der Waals surface area contributed by atoms with Gasteiger partial charge in [-0.3, -0.25) is 10.1 Å². The maximum atomic E-state index is 12.8. The summed E-state index contributed by atoms with van der Waals surface area (Å²) >= 11 is 3.16. The molecule has 0 saturated heterocycles. The van der Waals surface area contributed by atoms with Crippen molar-refractivity contribution in [2.75, 3.05) is 5.32 Å². The van der Waals surface area contributed by atoms with Crippen LogP contribution in [0, 0.1) is 10.1 Å². The van der Waals surface area contributed by atoms with Crippen molar-refractivity contribution in [1.82, 2.24) is 0 Å². The van der Waals surface area contributed by atoms with Gasteiger partial charge < -0.3 is 5.32 Å². The zero-order chi connectivity index (χ0) is 12.6. The molecule has 1 aromatic carbocycles. The molecule has 4 nitrogen and oxygen atoms in total. The maximum absolute atomic E-state index is 12.8. The predicted octanol–water partition coefficient (Wildman–Crippen LogP) is 3.57. The van der Waals surface area contributed by atoms with Crippen molar-refractivity contribution in [2.24, 2.45) is 0 Å². The van der Waals surface area contributed by atoms with Gasteiger partial charge in [0.05, 0.1) is 10.5 Å². The summed E-state index contributed by atoms with van der Waals surface area (Å²) in [5, 5.41) is 13.4. The second-order valence-electron chi connectivity index (χ2n) is 4.00. The molecule has 1 aliphatic carbocycles. The zero-order valence-electron chi connectivity index (χ0n) is 8.62. The largest absolute Gasteiger partial charge is 0.369 e. The first-order valence-corrected chi connectivity index (χ1v) is 5.74. The van der Waals surface area contributed by atoms with Crippen molar-refractivity contribution in [3.8, 4) is 0 Å². The lowest BCUT2D eigenvalue weighted by Gasteiger charge is -2.17. The Balaban J connectivity index is 2.31. The van der Waals surface area contributed by atoms with Gasteiger partial charge in [0, 0.05) is 10.5 Å². The molecule has 92 valence electrons. The molecule has 0 radical (unpaired) electrons. The van der Waals surface area contributed by atoms with E-state index in [2.05, 4.69) is 21.2 Å². The highest BCUT2D eigenvalue weighted by molar-refractivity contribution is 9.10. The van der Waals surface area contributed by atoms with E-state index < -0.39 is 16.9 Å². The van der Waals surface area contributed by atoms with Crippen molar-refractivity contribution < 1.29 is 13.7 Å². The Labute approximate surface area is 104 Å². The van der Waals surface area contributed by atoms with Gasteiger partial charge in [0.25, 0.3) is 12.1 Å². The van der Waals surface area contributed by atoms with Crippen LogP contribution in [0.25, 0.3) is 0 Å². The normalized spacial score (nSPS) is 16.9. The Hall–Kier alpha value is -1.24. The monoisotopic (exact) mass is 306 g/mol. The van der Waals surface area contributed by atoms with Crippen LogP contribution in [0.15, 0.2) is 22.7 Å². The highest BCUT2D eigenvalue weighted by Gasteiger charge is 2.51. The van der Waals surface area contributed by atoms with Crippen LogP contribution >= 0.6 is 15.9 Å². The van der Waals surface area contributed by atoms with Crippen molar-refractivity contribution in [2.45, 2.75) is 24.8 Å². The van der Waals surface area contributed by atoms with E-state index in [0.29, 0.717) is 17.3 Å². The summed E-state index contributed by atoms with van der Waals surface area (Å²) in [6.07, 6.45) is -1.87. The maximum Gasteiger partial charge on any atom is 0.292 e. The summed E-state index contributed by atoms with van der Waals surface area (Å²) in [4.78, 5) is 10.2. The summed E-state index contributed by atoms with van der Waals surface area (Å²) < 4.78 is 26.1. The van der Waals surface area contributed by atoms with Crippen LogP contribution in [0.1, 0.15) is 12.8 Å². The number of nitrogens with one attached hydrogen (secondary N) is 1. The summed E-state index contributed by atoms with van der Waals surface area (Å²) in [6.45, 7) is 0. The number of benzene rings is 1. The van der Waals surface area contributed by atoms with Gasteiger partial charge in [-0.05, 0) is 25.0 Å². The average molecular weight is 307 g/mol. The van der Waals surface area contributed by atoms with Crippen molar-refractivity contribution in [1.29, 1.82) is 0 Å². The molecule has 0 heterocycles. The smallest absolute Gasteiger partial charge is 0.292 e. The minimum atomic E-state index is -2.53. The molecule has 17 heavy (non-hydrogen) atoms. The third-order valence-electron chi connectivity index (χ3n) is 2.75.